The van der Waals surface area contributed by atoms with Gasteiger partial charge in [0.1, 0.15) is 6.10 Å². The monoisotopic (exact) mass is 544 g/mol. The molecule has 6 nitrogen and oxygen atoms in total. The highest BCUT2D eigenvalue weighted by atomic mass is 16.6. The molecule has 3 N–H and O–H groups in total. The third kappa shape index (κ3) is 15.0. The van der Waals surface area contributed by atoms with Gasteiger partial charge in [-0.25, -0.2) is 4.79 Å². The Labute approximate surface area is 236 Å². The summed E-state index contributed by atoms with van der Waals surface area (Å²) in [6.45, 7) is 12.7. The number of allylic oxidation sites excluding steroid dienone is 10. The number of carbonyl (C=O) groups is 1. The van der Waals surface area contributed by atoms with Crippen LogP contribution in [0.1, 0.15) is 106 Å². The van der Waals surface area contributed by atoms with Gasteiger partial charge in [-0.05, 0) is 106 Å². The molecule has 0 aromatic carbocycles. The topological polar surface area (TPSA) is 96.2 Å². The highest BCUT2D eigenvalue weighted by molar-refractivity contribution is 5.89. The molecule has 0 fully saturated rings. The van der Waals surface area contributed by atoms with Crippen molar-refractivity contribution in [1.82, 2.24) is 0 Å². The van der Waals surface area contributed by atoms with Crippen LogP contribution in [-0.2, 0) is 14.3 Å². The number of esters is 1. The summed E-state index contributed by atoms with van der Waals surface area (Å²) in [4.78, 5) is 11.5. The molecule has 0 bridgehead atoms. The second kappa shape index (κ2) is 19.5. The van der Waals surface area contributed by atoms with Crippen LogP contribution < -0.4 is 0 Å². The van der Waals surface area contributed by atoms with E-state index in [1.54, 1.807) is 0 Å². The Kier molecular flexibility index (Phi) is 17.2. The minimum Gasteiger partial charge on any atom is -0.499 e. The molecule has 0 radical (unpaired) electrons. The minimum atomic E-state index is -1.33. The van der Waals surface area contributed by atoms with Crippen LogP contribution in [0.25, 0.3) is 0 Å². The Balaban J connectivity index is 2.26. The van der Waals surface area contributed by atoms with Crippen molar-refractivity contribution >= 4 is 5.97 Å². The van der Waals surface area contributed by atoms with Crippen LogP contribution in [0, 0.1) is 0 Å². The molecule has 220 valence electrons. The van der Waals surface area contributed by atoms with Gasteiger partial charge in [0, 0.05) is 0 Å². The molecule has 1 aliphatic heterocycles. The summed E-state index contributed by atoms with van der Waals surface area (Å²) in [5.41, 5.74) is 7.01. The van der Waals surface area contributed by atoms with Gasteiger partial charge >= 0.3 is 5.97 Å². The summed E-state index contributed by atoms with van der Waals surface area (Å²) in [6.07, 6.45) is 19.4. The standard InChI is InChI=1S/C33H52O6/c1-24(2)13-9-16-27(5)19-10-17-25(3)14-7-8-15-26(4)18-11-20-28(6)21-12-22-38-32-30(36)33(37)39-31(32)29(35)23-34/h13-15,19-20,29,31,34-36H,7-12,16-18,21-23H2,1-6H3/b25-14+,26-15+,27-19+,28-20+. The second-order valence-electron chi connectivity index (χ2n) is 10.9. The van der Waals surface area contributed by atoms with E-state index < -0.39 is 30.5 Å². The molecule has 0 aromatic rings. The van der Waals surface area contributed by atoms with Gasteiger partial charge in [-0.3, -0.25) is 0 Å². The predicted molar refractivity (Wildman–Crippen MR) is 159 cm³/mol. The summed E-state index contributed by atoms with van der Waals surface area (Å²) in [7, 11) is 0. The summed E-state index contributed by atoms with van der Waals surface area (Å²) in [6, 6.07) is 0. The lowest BCUT2D eigenvalue weighted by Crippen LogP contribution is -2.32. The number of unbranched alkanes of at least 4 members (excludes halogenated alkanes) is 1. The van der Waals surface area contributed by atoms with E-state index in [-0.39, 0.29) is 12.4 Å². The van der Waals surface area contributed by atoms with Gasteiger partial charge in [-0.1, -0.05) is 58.2 Å². The fourth-order valence-electron chi connectivity index (χ4n) is 4.24. The second-order valence-corrected chi connectivity index (χ2v) is 10.9. The predicted octanol–water partition coefficient (Wildman–Crippen LogP) is 7.70. The van der Waals surface area contributed by atoms with Crippen molar-refractivity contribution in [3.05, 3.63) is 69.8 Å². The Morgan fingerprint density at radius 2 is 1.26 bits per heavy atom. The zero-order chi connectivity index (χ0) is 29.2. The number of ether oxygens (including phenoxy) is 2. The first kappa shape index (κ1) is 34.5. The molecule has 1 rings (SSSR count). The smallest absolute Gasteiger partial charge is 0.378 e. The fraction of sp³-hybridized carbons (Fsp3) is 0.606. The number of aliphatic hydroxyl groups excluding tert-OH is 3. The first-order chi connectivity index (χ1) is 18.5. The van der Waals surface area contributed by atoms with Crippen LogP contribution in [0.5, 0.6) is 0 Å². The van der Waals surface area contributed by atoms with E-state index in [0.717, 1.165) is 57.8 Å². The highest BCUT2D eigenvalue weighted by Crippen LogP contribution is 2.25. The largest absolute Gasteiger partial charge is 0.499 e. The number of cyclic esters (lactones) is 1. The SMILES string of the molecule is CC(C)=CCC/C(C)=C/CC/C(C)=C/CC/C=C(\C)CC/C=C(\C)CCCOC1=C(O)C(=O)OC1C(O)CO. The van der Waals surface area contributed by atoms with E-state index in [0.29, 0.717) is 6.42 Å². The van der Waals surface area contributed by atoms with Crippen LogP contribution in [0.15, 0.2) is 69.8 Å². The van der Waals surface area contributed by atoms with E-state index in [2.05, 4.69) is 71.9 Å². The van der Waals surface area contributed by atoms with Gasteiger partial charge in [0.2, 0.25) is 5.76 Å². The Morgan fingerprint density at radius 1 is 0.795 bits per heavy atom. The molecule has 0 aliphatic carbocycles. The zero-order valence-electron chi connectivity index (χ0n) is 25.1. The van der Waals surface area contributed by atoms with Crippen LogP contribution in [0.3, 0.4) is 0 Å². The molecular weight excluding hydrogens is 492 g/mol. The summed E-state index contributed by atoms with van der Waals surface area (Å²) < 4.78 is 10.4. The van der Waals surface area contributed by atoms with E-state index in [9.17, 15) is 15.0 Å². The molecule has 6 heteroatoms. The van der Waals surface area contributed by atoms with Crippen LogP contribution in [-0.4, -0.2) is 46.7 Å². The Hall–Kier alpha value is -2.57. The Bertz CT molecular complexity index is 943. The van der Waals surface area contributed by atoms with E-state index in [1.807, 2.05) is 0 Å². The van der Waals surface area contributed by atoms with Crippen molar-refractivity contribution in [2.75, 3.05) is 13.2 Å². The molecule has 0 saturated carbocycles. The number of hydrogen-bond acceptors (Lipinski definition) is 6. The van der Waals surface area contributed by atoms with E-state index in [4.69, 9.17) is 14.6 Å². The van der Waals surface area contributed by atoms with Crippen LogP contribution >= 0.6 is 0 Å². The number of rotatable bonds is 19. The molecule has 2 unspecified atom stereocenters. The van der Waals surface area contributed by atoms with Crippen molar-refractivity contribution in [3.8, 4) is 0 Å². The van der Waals surface area contributed by atoms with E-state index >= 15 is 0 Å². The van der Waals surface area contributed by atoms with Crippen molar-refractivity contribution in [3.63, 3.8) is 0 Å². The first-order valence-electron chi connectivity index (χ1n) is 14.4. The first-order valence-corrected chi connectivity index (χ1v) is 14.4. The van der Waals surface area contributed by atoms with E-state index in [1.165, 1.54) is 27.9 Å². The fourth-order valence-corrected chi connectivity index (χ4v) is 4.24. The quantitative estimate of drug-likeness (QED) is 0.0876. The molecule has 1 heterocycles. The van der Waals surface area contributed by atoms with Gasteiger partial charge in [-0.15, -0.1) is 0 Å². The van der Waals surface area contributed by atoms with Crippen molar-refractivity contribution in [2.45, 2.75) is 118 Å². The molecule has 0 spiro atoms. The van der Waals surface area contributed by atoms with Crippen LogP contribution in [0.2, 0.25) is 0 Å². The van der Waals surface area contributed by atoms with Gasteiger partial charge in [0.05, 0.1) is 13.2 Å². The average molecular weight is 545 g/mol. The maximum absolute atomic E-state index is 11.5. The lowest BCUT2D eigenvalue weighted by atomic mass is 10.0. The average Bonchev–Trinajstić information content (AvgIpc) is 3.17. The van der Waals surface area contributed by atoms with Gasteiger partial charge in [0.25, 0.3) is 0 Å². The van der Waals surface area contributed by atoms with Crippen LogP contribution in [0.4, 0.5) is 0 Å². The number of aliphatic hydroxyl groups is 3. The molecule has 2 atom stereocenters. The molecule has 39 heavy (non-hydrogen) atoms. The molecule has 0 aromatic heterocycles. The molecular formula is C33H52O6. The van der Waals surface area contributed by atoms with Crippen molar-refractivity contribution in [1.29, 1.82) is 0 Å². The Morgan fingerprint density at radius 3 is 1.74 bits per heavy atom. The summed E-state index contributed by atoms with van der Waals surface area (Å²) in [5, 5.41) is 28.6. The number of carbonyl (C=O) groups excluding carboxylic acids is 1. The van der Waals surface area contributed by atoms with Crippen molar-refractivity contribution in [2.24, 2.45) is 0 Å². The minimum absolute atomic E-state index is 0.105. The zero-order valence-corrected chi connectivity index (χ0v) is 25.1. The summed E-state index contributed by atoms with van der Waals surface area (Å²) in [5.74, 6) is -1.69. The van der Waals surface area contributed by atoms with Gasteiger partial charge < -0.3 is 24.8 Å². The normalized spacial score (nSPS) is 17.9. The third-order valence-corrected chi connectivity index (χ3v) is 6.74. The molecule has 0 amide bonds. The molecule has 1 aliphatic rings. The maximum Gasteiger partial charge on any atom is 0.378 e. The van der Waals surface area contributed by atoms with Crippen molar-refractivity contribution < 1.29 is 29.6 Å². The lowest BCUT2D eigenvalue weighted by Gasteiger charge is -2.18. The maximum atomic E-state index is 11.5. The van der Waals surface area contributed by atoms with Gasteiger partial charge in [0.15, 0.2) is 11.9 Å². The summed E-state index contributed by atoms with van der Waals surface area (Å²) >= 11 is 0. The highest BCUT2D eigenvalue weighted by Gasteiger charge is 2.40. The third-order valence-electron chi connectivity index (χ3n) is 6.74. The lowest BCUT2D eigenvalue weighted by molar-refractivity contribution is -0.148. The molecule has 0 saturated heterocycles. The number of hydrogen-bond donors (Lipinski definition) is 3. The van der Waals surface area contributed by atoms with Gasteiger partial charge in [-0.2, -0.15) is 0 Å².